The first-order valence-corrected chi connectivity index (χ1v) is 6.52. The van der Waals surface area contributed by atoms with Crippen LogP contribution in [0, 0.1) is 0 Å². The third kappa shape index (κ3) is 13.0. The maximum absolute atomic E-state index is 11.2. The van der Waals surface area contributed by atoms with Crippen molar-refractivity contribution in [3.05, 3.63) is 59.7 Å². The molecule has 115 valence electrons. The van der Waals surface area contributed by atoms with Crippen molar-refractivity contribution in [2.75, 3.05) is 6.61 Å². The van der Waals surface area contributed by atoms with E-state index >= 15 is 0 Å². The predicted octanol–water partition coefficient (Wildman–Crippen LogP) is 3.85. The minimum Gasteiger partial charge on any atom is -0.508 e. The summed E-state index contributed by atoms with van der Waals surface area (Å²) in [6.07, 6.45) is 7.09. The molecule has 0 unspecified atom stereocenters. The summed E-state index contributed by atoms with van der Waals surface area (Å²) in [4.78, 5) is 11.2. The first-order valence-electron chi connectivity index (χ1n) is 6.52. The van der Waals surface area contributed by atoms with Gasteiger partial charge in [0.25, 0.3) is 0 Å². The monoisotopic (exact) mass is 539 g/mol. The zero-order valence-electron chi connectivity index (χ0n) is 13.8. The summed E-state index contributed by atoms with van der Waals surface area (Å²) in [7, 11) is 0. The normalized spacial score (nSPS) is 11.1. The van der Waals surface area contributed by atoms with Gasteiger partial charge in [-0.05, 0) is 49.6 Å². The smallest absolute Gasteiger partial charge is 0.330 e. The van der Waals surface area contributed by atoms with Crippen molar-refractivity contribution in [1.29, 1.82) is 0 Å². The summed E-state index contributed by atoms with van der Waals surface area (Å²) in [5.74, 6) is -0.0825. The van der Waals surface area contributed by atoms with E-state index in [2.05, 4.69) is 0 Å². The van der Waals surface area contributed by atoms with E-state index in [0.29, 0.717) is 6.61 Å². The minimum atomic E-state index is -0.330. The number of hydrogen-bond acceptors (Lipinski definition) is 3. The first-order chi connectivity index (χ1) is 9.52. The van der Waals surface area contributed by atoms with Crippen LogP contribution in [0.15, 0.2) is 54.1 Å². The van der Waals surface area contributed by atoms with Gasteiger partial charge in [0.15, 0.2) is 0 Å². The number of carbonyl (C=O) groups is 1. The molecule has 0 spiro atoms. The molecule has 1 N–H and O–H groups in total. The number of allylic oxidation sites excluding steroid dienone is 5. The number of rotatable bonds is 5. The molecule has 3 nitrogen and oxygen atoms in total. The van der Waals surface area contributed by atoms with Crippen LogP contribution < -0.4 is 0 Å². The third-order valence-electron chi connectivity index (χ3n) is 2.64. The zero-order valence-corrected chi connectivity index (χ0v) is 22.3. The summed E-state index contributed by atoms with van der Waals surface area (Å²) >= 11 is 0. The van der Waals surface area contributed by atoms with E-state index in [1.165, 1.54) is 6.08 Å². The number of phenols is 1. The number of benzene rings is 1. The standard InChI is InChI=1S/C17H20O3.3Y/c1-4-20-17(19)11-13(2)7-5-8-14(3)15-9-6-10-16(18)12-15;;;/h5-12,18H,4H2,1-3H3;;;/b7-5+,13-11-,14-8+;;;. The average molecular weight is 539 g/mol. The average Bonchev–Trinajstić information content (AvgIpc) is 2.38. The quantitative estimate of drug-likeness (QED) is 0.352. The van der Waals surface area contributed by atoms with Crippen LogP contribution in [0.3, 0.4) is 0 Å². The van der Waals surface area contributed by atoms with Gasteiger partial charge in [-0.1, -0.05) is 30.4 Å². The van der Waals surface area contributed by atoms with Crippen LogP contribution in [0.5, 0.6) is 5.75 Å². The molecule has 6 heteroatoms. The van der Waals surface area contributed by atoms with Gasteiger partial charge in [-0.25, -0.2) is 4.79 Å². The van der Waals surface area contributed by atoms with E-state index in [-0.39, 0.29) is 110 Å². The van der Waals surface area contributed by atoms with Crippen LogP contribution in [0.1, 0.15) is 26.3 Å². The van der Waals surface area contributed by atoms with Crippen LogP contribution in [0.25, 0.3) is 5.57 Å². The predicted molar refractivity (Wildman–Crippen MR) is 81.3 cm³/mol. The second-order valence-corrected chi connectivity index (χ2v) is 4.40. The van der Waals surface area contributed by atoms with E-state index < -0.39 is 0 Å². The third-order valence-corrected chi connectivity index (χ3v) is 2.64. The van der Waals surface area contributed by atoms with Crippen LogP contribution in [0.4, 0.5) is 0 Å². The van der Waals surface area contributed by atoms with Crippen LogP contribution in [-0.4, -0.2) is 17.7 Å². The molecule has 0 saturated carbocycles. The molecule has 1 rings (SSSR count). The summed E-state index contributed by atoms with van der Waals surface area (Å²) in [5.41, 5.74) is 2.81. The molecule has 0 aliphatic rings. The molecular weight excluding hydrogens is 519 g/mol. The van der Waals surface area contributed by atoms with Gasteiger partial charge in [0.05, 0.1) is 6.61 Å². The number of hydrogen-bond donors (Lipinski definition) is 1. The van der Waals surface area contributed by atoms with Crippen molar-refractivity contribution >= 4 is 11.5 Å². The Morgan fingerprint density at radius 1 is 1.22 bits per heavy atom. The van der Waals surface area contributed by atoms with Crippen molar-refractivity contribution < 1.29 is 113 Å². The fourth-order valence-electron chi connectivity index (χ4n) is 1.61. The molecule has 0 aliphatic heterocycles. The Balaban J connectivity index is -0.00000133. The Labute approximate surface area is 214 Å². The Hall–Kier alpha value is 1.02. The summed E-state index contributed by atoms with van der Waals surface area (Å²) in [6.45, 7) is 5.95. The zero-order chi connectivity index (χ0) is 15.0. The summed E-state index contributed by atoms with van der Waals surface area (Å²) < 4.78 is 4.83. The van der Waals surface area contributed by atoms with Gasteiger partial charge >= 0.3 is 5.97 Å². The molecular formula is C17H20O3Y3. The first kappa shape index (κ1) is 28.8. The fraction of sp³-hybridized carbons (Fsp3) is 0.235. The van der Waals surface area contributed by atoms with Crippen molar-refractivity contribution in [1.82, 2.24) is 0 Å². The van der Waals surface area contributed by atoms with Crippen LogP contribution in [-0.2, 0) is 108 Å². The fourth-order valence-corrected chi connectivity index (χ4v) is 1.61. The van der Waals surface area contributed by atoms with Gasteiger partial charge in [-0.15, -0.1) is 0 Å². The molecule has 0 atom stereocenters. The molecule has 0 aromatic heterocycles. The summed E-state index contributed by atoms with van der Waals surface area (Å²) in [6, 6.07) is 7.08. The van der Waals surface area contributed by atoms with Crippen LogP contribution >= 0.6 is 0 Å². The second-order valence-electron chi connectivity index (χ2n) is 4.40. The SMILES string of the molecule is CCOC(=O)\C=C(C)/C=C/C=C(\C)c1cccc(O)c1.[Y].[Y].[Y]. The molecule has 23 heavy (non-hydrogen) atoms. The van der Waals surface area contributed by atoms with Gasteiger partial charge in [0, 0.05) is 104 Å². The van der Waals surface area contributed by atoms with E-state index in [1.54, 1.807) is 25.1 Å². The van der Waals surface area contributed by atoms with Gasteiger partial charge in [-0.3, -0.25) is 0 Å². The Morgan fingerprint density at radius 2 is 1.87 bits per heavy atom. The van der Waals surface area contributed by atoms with Crippen molar-refractivity contribution in [3.63, 3.8) is 0 Å². The molecule has 1 aromatic rings. The number of ether oxygens (including phenoxy) is 1. The molecule has 0 aliphatic carbocycles. The minimum absolute atomic E-state index is 0. The number of phenolic OH excluding ortho intramolecular Hbond substituents is 1. The van der Waals surface area contributed by atoms with E-state index in [0.717, 1.165) is 16.7 Å². The molecule has 0 amide bonds. The van der Waals surface area contributed by atoms with Gasteiger partial charge < -0.3 is 9.84 Å². The molecule has 0 saturated heterocycles. The van der Waals surface area contributed by atoms with Crippen molar-refractivity contribution in [3.8, 4) is 5.75 Å². The number of aromatic hydroxyl groups is 1. The molecule has 1 aromatic carbocycles. The molecule has 0 fully saturated rings. The van der Waals surface area contributed by atoms with Crippen molar-refractivity contribution in [2.45, 2.75) is 20.8 Å². The van der Waals surface area contributed by atoms with Crippen LogP contribution in [0.2, 0.25) is 0 Å². The second kappa shape index (κ2) is 16.5. The van der Waals surface area contributed by atoms with E-state index in [4.69, 9.17) is 4.74 Å². The Bertz CT molecular complexity index is 564. The number of esters is 1. The van der Waals surface area contributed by atoms with Crippen molar-refractivity contribution in [2.24, 2.45) is 0 Å². The van der Waals surface area contributed by atoms with Gasteiger partial charge in [0.1, 0.15) is 5.75 Å². The molecule has 0 heterocycles. The van der Waals surface area contributed by atoms with Gasteiger partial charge in [-0.2, -0.15) is 0 Å². The Kier molecular flexibility index (Phi) is 20.7. The largest absolute Gasteiger partial charge is 0.508 e. The maximum atomic E-state index is 11.2. The van der Waals surface area contributed by atoms with Gasteiger partial charge in [0.2, 0.25) is 0 Å². The summed E-state index contributed by atoms with van der Waals surface area (Å²) in [5, 5.41) is 9.42. The molecule has 0 bridgehead atoms. The Morgan fingerprint density at radius 3 is 2.43 bits per heavy atom. The molecule has 3 radical (unpaired) electrons. The van der Waals surface area contributed by atoms with E-state index in [1.807, 2.05) is 38.1 Å². The van der Waals surface area contributed by atoms with E-state index in [9.17, 15) is 9.90 Å². The topological polar surface area (TPSA) is 46.5 Å². The maximum Gasteiger partial charge on any atom is 0.330 e. The number of carbonyl (C=O) groups excluding carboxylic acids is 1.